The van der Waals surface area contributed by atoms with E-state index in [0.717, 1.165) is 31.6 Å². The molecule has 0 bridgehead atoms. The first kappa shape index (κ1) is 21.2. The molecule has 2 aliphatic heterocycles. The summed E-state index contributed by atoms with van der Waals surface area (Å²) in [6.45, 7) is 6.60. The number of halogens is 1. The summed E-state index contributed by atoms with van der Waals surface area (Å²) >= 11 is 0. The second-order valence-electron chi connectivity index (χ2n) is 10.0. The van der Waals surface area contributed by atoms with Gasteiger partial charge in [-0.15, -0.1) is 0 Å². The molecule has 1 saturated carbocycles. The molecule has 3 aliphatic rings. The van der Waals surface area contributed by atoms with Gasteiger partial charge >= 0.3 is 0 Å². The van der Waals surface area contributed by atoms with Crippen molar-refractivity contribution < 1.29 is 14.0 Å². The van der Waals surface area contributed by atoms with Crippen LogP contribution in [0.25, 0.3) is 0 Å². The van der Waals surface area contributed by atoms with E-state index in [1.807, 2.05) is 17.4 Å². The lowest BCUT2D eigenvalue weighted by Crippen LogP contribution is -2.52. The molecule has 1 aliphatic carbocycles. The fourth-order valence-corrected chi connectivity index (χ4v) is 5.43. The Kier molecular flexibility index (Phi) is 5.30. The highest BCUT2D eigenvalue weighted by Crippen LogP contribution is 2.50. The minimum atomic E-state index is -0.660. The maximum absolute atomic E-state index is 13.9. The van der Waals surface area contributed by atoms with Crippen molar-refractivity contribution in [3.63, 3.8) is 0 Å². The highest BCUT2D eigenvalue weighted by molar-refractivity contribution is 5.96. The molecule has 32 heavy (non-hydrogen) atoms. The molecule has 7 heteroatoms. The third-order valence-corrected chi connectivity index (χ3v) is 7.42. The molecule has 6 nitrogen and oxygen atoms in total. The predicted octanol–water partition coefficient (Wildman–Crippen LogP) is 3.86. The summed E-state index contributed by atoms with van der Waals surface area (Å²) in [4.78, 5) is 35.6. The maximum Gasteiger partial charge on any atom is 0.254 e. The van der Waals surface area contributed by atoms with E-state index in [9.17, 15) is 14.0 Å². The monoisotopic (exact) mass is 438 g/mol. The number of nitrogens with zero attached hydrogens (tertiary/aromatic N) is 4. The van der Waals surface area contributed by atoms with Gasteiger partial charge in [-0.3, -0.25) is 9.59 Å². The lowest BCUT2D eigenvalue weighted by Gasteiger charge is -2.42. The van der Waals surface area contributed by atoms with Crippen LogP contribution < -0.4 is 0 Å². The smallest absolute Gasteiger partial charge is 0.254 e. The number of rotatable bonds is 5. The quantitative estimate of drug-likeness (QED) is 0.712. The molecule has 3 fully saturated rings. The van der Waals surface area contributed by atoms with Crippen molar-refractivity contribution in [3.8, 4) is 0 Å². The highest BCUT2D eigenvalue weighted by Gasteiger charge is 2.57. The van der Waals surface area contributed by atoms with Crippen molar-refractivity contribution in [1.29, 1.82) is 0 Å². The molecule has 1 spiro atoms. The maximum atomic E-state index is 13.9. The zero-order valence-corrected chi connectivity index (χ0v) is 18.8. The number of amides is 2. The van der Waals surface area contributed by atoms with E-state index >= 15 is 0 Å². The molecular formula is C25H31FN4O2. The normalized spacial score (nSPS) is 25.9. The van der Waals surface area contributed by atoms with Crippen LogP contribution in [0.15, 0.2) is 36.8 Å². The second-order valence-corrected chi connectivity index (χ2v) is 10.0. The van der Waals surface area contributed by atoms with E-state index in [1.54, 1.807) is 17.0 Å². The number of carbonyl (C=O) groups excluding carboxylic acids is 2. The predicted molar refractivity (Wildman–Crippen MR) is 119 cm³/mol. The Labute approximate surface area is 188 Å². The first-order valence-corrected chi connectivity index (χ1v) is 11.7. The number of likely N-dealkylation sites (tertiary alicyclic amines) is 2. The third kappa shape index (κ3) is 3.71. The standard InChI is InChI=1S/C25H31FN4O2/c1-17(2)30-14-22(27-16-30)21-13-29(23(31)19-5-3-6-20(26)11-19)15-25(21)9-4-10-28(24(25)32)12-18-7-8-18/h3,5-6,11,14,16-18,21H,4,7-10,12-13,15H2,1-2H3/t21-,25-/m0/s1. The van der Waals surface area contributed by atoms with E-state index in [0.29, 0.717) is 24.6 Å². The molecular weight excluding hydrogens is 407 g/mol. The summed E-state index contributed by atoms with van der Waals surface area (Å²) in [5.41, 5.74) is 0.535. The summed E-state index contributed by atoms with van der Waals surface area (Å²) in [7, 11) is 0. The molecule has 1 aromatic heterocycles. The number of hydrogen-bond donors (Lipinski definition) is 0. The Morgan fingerprint density at radius 2 is 2.12 bits per heavy atom. The molecule has 2 saturated heterocycles. The van der Waals surface area contributed by atoms with Crippen LogP contribution in [0.4, 0.5) is 4.39 Å². The fraction of sp³-hybridized carbons (Fsp3) is 0.560. The van der Waals surface area contributed by atoms with E-state index in [4.69, 9.17) is 0 Å². The van der Waals surface area contributed by atoms with Crippen LogP contribution >= 0.6 is 0 Å². The Morgan fingerprint density at radius 3 is 2.81 bits per heavy atom. The van der Waals surface area contributed by atoms with Crippen LogP contribution in [-0.4, -0.2) is 57.3 Å². The molecule has 0 radical (unpaired) electrons. The van der Waals surface area contributed by atoms with Gasteiger partial charge < -0.3 is 14.4 Å². The molecule has 5 rings (SSSR count). The lowest BCUT2D eigenvalue weighted by atomic mass is 9.70. The van der Waals surface area contributed by atoms with E-state index in [-0.39, 0.29) is 23.8 Å². The van der Waals surface area contributed by atoms with Crippen LogP contribution in [-0.2, 0) is 4.79 Å². The summed E-state index contributed by atoms with van der Waals surface area (Å²) in [6.07, 6.45) is 7.92. The summed E-state index contributed by atoms with van der Waals surface area (Å²) in [5, 5.41) is 0. The molecule has 3 heterocycles. The topological polar surface area (TPSA) is 58.4 Å². The molecule has 2 amide bonds. The highest BCUT2D eigenvalue weighted by atomic mass is 19.1. The van der Waals surface area contributed by atoms with Gasteiger partial charge in [-0.1, -0.05) is 6.07 Å². The van der Waals surface area contributed by atoms with Crippen molar-refractivity contribution in [3.05, 3.63) is 53.9 Å². The van der Waals surface area contributed by atoms with Crippen molar-refractivity contribution in [2.24, 2.45) is 11.3 Å². The van der Waals surface area contributed by atoms with Crippen molar-refractivity contribution in [2.45, 2.75) is 51.5 Å². The summed E-state index contributed by atoms with van der Waals surface area (Å²) in [6, 6.07) is 6.08. The zero-order chi connectivity index (χ0) is 22.5. The van der Waals surface area contributed by atoms with Crippen LogP contribution in [0, 0.1) is 17.2 Å². The summed E-state index contributed by atoms with van der Waals surface area (Å²) in [5.74, 6) is -0.0222. The average molecular weight is 439 g/mol. The fourth-order valence-electron chi connectivity index (χ4n) is 5.43. The molecule has 0 unspecified atom stereocenters. The Bertz CT molecular complexity index is 1030. The van der Waals surface area contributed by atoms with Gasteiger partial charge in [0.15, 0.2) is 0 Å². The molecule has 2 atom stereocenters. The van der Waals surface area contributed by atoms with Crippen LogP contribution in [0.3, 0.4) is 0 Å². The minimum Gasteiger partial charge on any atom is -0.342 e. The Morgan fingerprint density at radius 1 is 1.31 bits per heavy atom. The van der Waals surface area contributed by atoms with Gasteiger partial charge in [0.1, 0.15) is 5.82 Å². The van der Waals surface area contributed by atoms with Crippen molar-refractivity contribution >= 4 is 11.8 Å². The third-order valence-electron chi connectivity index (χ3n) is 7.42. The van der Waals surface area contributed by atoms with Gasteiger partial charge in [0.05, 0.1) is 17.4 Å². The van der Waals surface area contributed by atoms with Crippen molar-refractivity contribution in [1.82, 2.24) is 19.4 Å². The van der Waals surface area contributed by atoms with Gasteiger partial charge in [-0.2, -0.15) is 0 Å². The molecule has 1 aromatic carbocycles. The largest absolute Gasteiger partial charge is 0.342 e. The molecule has 170 valence electrons. The van der Waals surface area contributed by atoms with Gasteiger partial charge in [0.25, 0.3) is 5.91 Å². The van der Waals surface area contributed by atoms with Gasteiger partial charge in [-0.05, 0) is 63.6 Å². The number of carbonyl (C=O) groups is 2. The summed E-state index contributed by atoms with van der Waals surface area (Å²) < 4.78 is 15.8. The number of benzene rings is 1. The number of hydrogen-bond acceptors (Lipinski definition) is 3. The van der Waals surface area contributed by atoms with Gasteiger partial charge in [0.2, 0.25) is 5.91 Å². The minimum absolute atomic E-state index is 0.158. The lowest BCUT2D eigenvalue weighted by molar-refractivity contribution is -0.146. The van der Waals surface area contributed by atoms with E-state index in [1.165, 1.54) is 25.0 Å². The SMILES string of the molecule is CC(C)n1cnc([C@@H]2CN(C(=O)c3cccc(F)c3)C[C@@]23CCCN(CC2CC2)C3=O)c1. The van der Waals surface area contributed by atoms with Crippen LogP contribution in [0.1, 0.15) is 67.5 Å². The van der Waals surface area contributed by atoms with Crippen molar-refractivity contribution in [2.75, 3.05) is 26.2 Å². The Balaban J connectivity index is 1.49. The number of imidazole rings is 1. The van der Waals surface area contributed by atoms with Crippen LogP contribution in [0.2, 0.25) is 0 Å². The molecule has 0 N–H and O–H groups in total. The van der Waals surface area contributed by atoms with E-state index < -0.39 is 11.2 Å². The van der Waals surface area contributed by atoms with Gasteiger partial charge in [0, 0.05) is 49.9 Å². The average Bonchev–Trinajstić information content (AvgIpc) is 3.31. The molecule has 2 aromatic rings. The first-order valence-electron chi connectivity index (χ1n) is 11.7. The first-order chi connectivity index (χ1) is 15.4. The van der Waals surface area contributed by atoms with Crippen LogP contribution in [0.5, 0.6) is 0 Å². The zero-order valence-electron chi connectivity index (χ0n) is 18.8. The van der Waals surface area contributed by atoms with E-state index in [2.05, 4.69) is 23.4 Å². The second kappa shape index (κ2) is 8.01. The van der Waals surface area contributed by atoms with Gasteiger partial charge in [-0.25, -0.2) is 9.37 Å². The number of aromatic nitrogens is 2. The Hall–Kier alpha value is -2.70. The number of piperidine rings is 1.